The first-order valence-electron chi connectivity index (χ1n) is 7.11. The van der Waals surface area contributed by atoms with Gasteiger partial charge in [0.2, 0.25) is 5.91 Å². The van der Waals surface area contributed by atoms with Gasteiger partial charge in [-0.15, -0.1) is 0 Å². The van der Waals surface area contributed by atoms with E-state index in [-0.39, 0.29) is 18.4 Å². The number of rotatable bonds is 4. The molecule has 1 unspecified atom stereocenters. The number of amides is 2. The van der Waals surface area contributed by atoms with Crippen LogP contribution in [0.1, 0.15) is 5.56 Å². The summed E-state index contributed by atoms with van der Waals surface area (Å²) in [7, 11) is 0. The lowest BCUT2D eigenvalue weighted by molar-refractivity contribution is -0.121. The van der Waals surface area contributed by atoms with Crippen molar-refractivity contribution in [3.63, 3.8) is 0 Å². The number of hydrogen-bond donors (Lipinski definition) is 1. The van der Waals surface area contributed by atoms with E-state index in [9.17, 15) is 9.59 Å². The average Bonchev–Trinajstić information content (AvgIpc) is 2.90. The maximum atomic E-state index is 11.8. The quantitative estimate of drug-likeness (QED) is 0.891. The summed E-state index contributed by atoms with van der Waals surface area (Å²) >= 11 is 0. The summed E-state index contributed by atoms with van der Waals surface area (Å²) in [5, 5.41) is 2.86. The van der Waals surface area contributed by atoms with Gasteiger partial charge in [0, 0.05) is 12.5 Å². The molecule has 1 aromatic carbocycles. The molecule has 21 heavy (non-hydrogen) atoms. The third kappa shape index (κ3) is 3.26. The van der Waals surface area contributed by atoms with Gasteiger partial charge in [-0.1, -0.05) is 18.2 Å². The predicted molar refractivity (Wildman–Crippen MR) is 75.1 cm³/mol. The van der Waals surface area contributed by atoms with E-state index in [1.54, 1.807) is 0 Å². The topological polar surface area (TPSA) is 67.9 Å². The summed E-state index contributed by atoms with van der Waals surface area (Å²) in [5.74, 6) is 1.03. The van der Waals surface area contributed by atoms with Crippen LogP contribution >= 0.6 is 0 Å². The Labute approximate surface area is 123 Å². The Morgan fingerprint density at radius 3 is 3.00 bits per heavy atom. The minimum atomic E-state index is -0.417. The van der Waals surface area contributed by atoms with Gasteiger partial charge in [0.15, 0.2) is 0 Å². The normalized spacial score (nSPS) is 20.5. The highest BCUT2D eigenvalue weighted by molar-refractivity contribution is 5.82. The van der Waals surface area contributed by atoms with Gasteiger partial charge >= 0.3 is 6.09 Å². The Morgan fingerprint density at radius 2 is 2.19 bits per heavy atom. The molecule has 2 heterocycles. The van der Waals surface area contributed by atoms with Crippen molar-refractivity contribution in [3.8, 4) is 5.75 Å². The monoisotopic (exact) mass is 290 g/mol. The van der Waals surface area contributed by atoms with E-state index in [0.717, 1.165) is 12.2 Å². The van der Waals surface area contributed by atoms with Crippen molar-refractivity contribution < 1.29 is 19.1 Å². The molecule has 1 N–H and O–H groups in total. The van der Waals surface area contributed by atoms with E-state index < -0.39 is 6.09 Å². The average molecular weight is 290 g/mol. The molecule has 6 nitrogen and oxygen atoms in total. The molecule has 2 amide bonds. The van der Waals surface area contributed by atoms with E-state index in [0.29, 0.717) is 26.3 Å². The molecule has 0 radical (unpaired) electrons. The number of benzene rings is 1. The van der Waals surface area contributed by atoms with Gasteiger partial charge in [0.05, 0.1) is 13.2 Å². The van der Waals surface area contributed by atoms with E-state index in [4.69, 9.17) is 9.47 Å². The molecule has 1 atom stereocenters. The lowest BCUT2D eigenvalue weighted by Gasteiger charge is -2.25. The number of carbonyl (C=O) groups is 2. The minimum Gasteiger partial charge on any atom is -0.493 e. The van der Waals surface area contributed by atoms with E-state index in [1.165, 1.54) is 10.5 Å². The Hall–Kier alpha value is -2.24. The number of ether oxygens (including phenoxy) is 2. The Bertz CT molecular complexity index is 546. The van der Waals surface area contributed by atoms with Crippen LogP contribution in [0.15, 0.2) is 24.3 Å². The van der Waals surface area contributed by atoms with Crippen LogP contribution < -0.4 is 10.1 Å². The zero-order valence-corrected chi connectivity index (χ0v) is 11.7. The molecule has 0 saturated carbocycles. The Morgan fingerprint density at radius 1 is 1.33 bits per heavy atom. The van der Waals surface area contributed by atoms with Gasteiger partial charge in [0.25, 0.3) is 0 Å². The Kier molecular flexibility index (Phi) is 3.94. The maximum absolute atomic E-state index is 11.8. The van der Waals surface area contributed by atoms with Crippen molar-refractivity contribution in [3.05, 3.63) is 29.8 Å². The van der Waals surface area contributed by atoms with Crippen molar-refractivity contribution in [2.45, 2.75) is 6.42 Å². The van der Waals surface area contributed by atoms with Crippen molar-refractivity contribution in [2.24, 2.45) is 5.92 Å². The second-order valence-electron chi connectivity index (χ2n) is 5.33. The van der Waals surface area contributed by atoms with Crippen LogP contribution in [-0.2, 0) is 16.0 Å². The number of nitrogens with one attached hydrogen (secondary N) is 1. The SMILES string of the molecule is O=C(CN1CCOC1=O)NCC1COc2ccccc2C1. The second kappa shape index (κ2) is 6.03. The van der Waals surface area contributed by atoms with Crippen LogP contribution in [-0.4, -0.2) is 49.7 Å². The summed E-state index contributed by atoms with van der Waals surface area (Å²) in [6.07, 6.45) is 0.474. The van der Waals surface area contributed by atoms with Crippen LogP contribution in [0.3, 0.4) is 0 Å². The van der Waals surface area contributed by atoms with Crippen LogP contribution in [0.4, 0.5) is 4.79 Å². The van der Waals surface area contributed by atoms with Gasteiger partial charge in [-0.05, 0) is 18.1 Å². The van der Waals surface area contributed by atoms with Crippen molar-refractivity contribution >= 4 is 12.0 Å². The highest BCUT2D eigenvalue weighted by Gasteiger charge is 2.25. The second-order valence-corrected chi connectivity index (χ2v) is 5.33. The Balaban J connectivity index is 1.45. The lowest BCUT2D eigenvalue weighted by atomic mass is 9.97. The highest BCUT2D eigenvalue weighted by Crippen LogP contribution is 2.26. The van der Waals surface area contributed by atoms with E-state index in [1.807, 2.05) is 24.3 Å². The molecule has 0 spiro atoms. The van der Waals surface area contributed by atoms with Crippen molar-refractivity contribution in [2.75, 3.05) is 32.8 Å². The number of cyclic esters (lactones) is 1. The molecule has 2 aliphatic heterocycles. The fourth-order valence-corrected chi connectivity index (χ4v) is 2.58. The first-order valence-corrected chi connectivity index (χ1v) is 7.11. The fourth-order valence-electron chi connectivity index (χ4n) is 2.58. The third-order valence-electron chi connectivity index (χ3n) is 3.72. The number of hydrogen-bond acceptors (Lipinski definition) is 4. The van der Waals surface area contributed by atoms with E-state index >= 15 is 0 Å². The standard InChI is InChI=1S/C15H18N2O4/c18-14(9-17-5-6-20-15(17)19)16-8-11-7-12-3-1-2-4-13(12)21-10-11/h1-4,11H,5-10H2,(H,16,18). The van der Waals surface area contributed by atoms with Crippen molar-refractivity contribution in [1.29, 1.82) is 0 Å². The zero-order valence-electron chi connectivity index (χ0n) is 11.7. The number of carbonyl (C=O) groups excluding carboxylic acids is 2. The number of nitrogens with zero attached hydrogens (tertiary/aromatic N) is 1. The van der Waals surface area contributed by atoms with Gasteiger partial charge in [-0.2, -0.15) is 0 Å². The van der Waals surface area contributed by atoms with Crippen LogP contribution in [0.2, 0.25) is 0 Å². The highest BCUT2D eigenvalue weighted by atomic mass is 16.6. The molecule has 3 rings (SSSR count). The minimum absolute atomic E-state index is 0.0585. The molecule has 6 heteroatoms. The zero-order chi connectivity index (χ0) is 14.7. The summed E-state index contributed by atoms with van der Waals surface area (Å²) < 4.78 is 10.5. The first-order chi connectivity index (χ1) is 10.2. The third-order valence-corrected chi connectivity index (χ3v) is 3.72. The van der Waals surface area contributed by atoms with Crippen LogP contribution in [0, 0.1) is 5.92 Å². The smallest absolute Gasteiger partial charge is 0.410 e. The number of para-hydroxylation sites is 1. The molecular weight excluding hydrogens is 272 g/mol. The molecule has 112 valence electrons. The van der Waals surface area contributed by atoms with Gasteiger partial charge in [0.1, 0.15) is 18.9 Å². The summed E-state index contributed by atoms with van der Waals surface area (Å²) in [5.41, 5.74) is 1.17. The fraction of sp³-hybridized carbons (Fsp3) is 0.467. The largest absolute Gasteiger partial charge is 0.493 e. The summed E-state index contributed by atoms with van der Waals surface area (Å²) in [6, 6.07) is 7.95. The molecule has 0 aliphatic carbocycles. The summed E-state index contributed by atoms with van der Waals surface area (Å²) in [4.78, 5) is 24.5. The molecular formula is C15H18N2O4. The maximum Gasteiger partial charge on any atom is 0.410 e. The molecule has 0 aromatic heterocycles. The van der Waals surface area contributed by atoms with Crippen LogP contribution in [0.25, 0.3) is 0 Å². The molecule has 2 aliphatic rings. The molecule has 0 bridgehead atoms. The van der Waals surface area contributed by atoms with E-state index in [2.05, 4.69) is 5.32 Å². The van der Waals surface area contributed by atoms with Crippen molar-refractivity contribution in [1.82, 2.24) is 10.2 Å². The summed E-state index contributed by atoms with van der Waals surface area (Å²) in [6.45, 7) is 2.05. The molecule has 1 saturated heterocycles. The van der Waals surface area contributed by atoms with Crippen LogP contribution in [0.5, 0.6) is 5.75 Å². The first kappa shape index (κ1) is 13.7. The van der Waals surface area contributed by atoms with Gasteiger partial charge < -0.3 is 14.8 Å². The molecule has 1 fully saturated rings. The molecule has 1 aromatic rings. The lowest BCUT2D eigenvalue weighted by Crippen LogP contribution is -2.41. The van der Waals surface area contributed by atoms with Gasteiger partial charge in [-0.3, -0.25) is 9.69 Å². The van der Waals surface area contributed by atoms with Gasteiger partial charge in [-0.25, -0.2) is 4.79 Å². The number of fused-ring (bicyclic) bond motifs is 1. The predicted octanol–water partition coefficient (Wildman–Crippen LogP) is 0.806.